The van der Waals surface area contributed by atoms with Gasteiger partial charge < -0.3 is 107 Å². The summed E-state index contributed by atoms with van der Waals surface area (Å²) in [4.78, 5) is 77.2. The van der Waals surface area contributed by atoms with E-state index in [2.05, 4.69) is 108 Å². The fraction of sp³-hybridized carbons (Fsp3) is 0.620. The van der Waals surface area contributed by atoms with Gasteiger partial charge in [-0.05, 0) is 163 Å². The summed E-state index contributed by atoms with van der Waals surface area (Å²) in [6, 6.07) is 15.0. The molecule has 36 nitrogen and oxygen atoms in total. The van der Waals surface area contributed by atoms with Gasteiger partial charge in [-0.3, -0.25) is 26.0 Å². The molecule has 0 bridgehead atoms. The number of aromatic nitrogens is 9. The number of hydrogen-bond acceptors (Lipinski definition) is 31. The molecule has 27 N–H and O–H groups in total. The van der Waals surface area contributed by atoms with Crippen molar-refractivity contribution >= 4 is 77.1 Å². The van der Waals surface area contributed by atoms with E-state index in [1.54, 1.807) is 19.1 Å². The number of carbonyl (C=O) groups is 2. The number of amidine groups is 2. The molecule has 2 aromatic carbocycles. The highest BCUT2D eigenvalue weighted by Crippen LogP contribution is 2.13. The minimum atomic E-state index is -0.574. The second kappa shape index (κ2) is 52.4. The van der Waals surface area contributed by atoms with Crippen LogP contribution in [0.2, 0.25) is 0 Å². The Labute approximate surface area is 632 Å². The Morgan fingerprint density at radius 3 is 1.37 bits per heavy atom. The van der Waals surface area contributed by atoms with Crippen molar-refractivity contribution in [3.05, 3.63) is 82.4 Å². The Kier molecular flexibility index (Phi) is 44.9. The van der Waals surface area contributed by atoms with Gasteiger partial charge in [-0.2, -0.15) is 39.9 Å². The predicted molar refractivity (Wildman–Crippen MR) is 429 cm³/mol. The zero-order valence-corrected chi connectivity index (χ0v) is 65.0. The van der Waals surface area contributed by atoms with Crippen molar-refractivity contribution in [1.29, 1.82) is 10.8 Å². The van der Waals surface area contributed by atoms with Gasteiger partial charge in [0, 0.05) is 141 Å². The molecule has 0 fully saturated rings. The van der Waals surface area contributed by atoms with Crippen LogP contribution in [0.15, 0.2) is 53.5 Å². The van der Waals surface area contributed by atoms with Crippen molar-refractivity contribution in [2.45, 2.75) is 144 Å². The van der Waals surface area contributed by atoms with Crippen LogP contribution < -0.4 is 88.5 Å². The van der Waals surface area contributed by atoms with Crippen LogP contribution >= 0.6 is 0 Å². The van der Waals surface area contributed by atoms with Gasteiger partial charge in [-0.1, -0.05) is 31.2 Å². The third-order valence-corrected chi connectivity index (χ3v) is 15.2. The maximum atomic E-state index is 12.0. The summed E-state index contributed by atoms with van der Waals surface area (Å²) < 4.78 is 15.6. The molecule has 3 aromatic heterocycles. The summed E-state index contributed by atoms with van der Waals surface area (Å²) >= 11 is 0. The molecule has 3 heterocycles. The second-order valence-corrected chi connectivity index (χ2v) is 26.9. The van der Waals surface area contributed by atoms with Crippen LogP contribution in [-0.4, -0.2) is 250 Å². The SMILES string of the molecule is CC(C)(C)OC(=O)NCCN(CCNC(=O)OC(C)(C)C)CCNc1nc(N)nc(NCCCCN)n1.CCCN(CCN)CCNc1nc(N)nc(NCCCCN=C(N)c2ccc(C(N)=[NH+]CCCCCc3nc(N)nc(CCCN(CCN)CCN)n3)cc2)n1.CCOC(=N)c1ccc(C(C)=N)cc1. The topological polar surface area (TPSA) is 568 Å². The number of ether oxygens (including phenoxy) is 3. The van der Waals surface area contributed by atoms with Crippen molar-refractivity contribution in [1.82, 2.24) is 70.2 Å². The number of aryl methyl sites for hydroxylation is 2. The zero-order valence-electron chi connectivity index (χ0n) is 65.0. The van der Waals surface area contributed by atoms with Crippen LogP contribution in [0.1, 0.15) is 154 Å². The van der Waals surface area contributed by atoms with Gasteiger partial charge in [0.2, 0.25) is 47.5 Å². The fourth-order valence-electron chi connectivity index (χ4n) is 10.1. The van der Waals surface area contributed by atoms with Gasteiger partial charge >= 0.3 is 12.2 Å². The van der Waals surface area contributed by atoms with Crippen molar-refractivity contribution in [3.63, 3.8) is 0 Å². The number of hydrogen-bond donors (Lipinski definition) is 18. The van der Waals surface area contributed by atoms with Crippen LogP contribution in [-0.2, 0) is 27.1 Å². The Bertz CT molecular complexity index is 3230. The highest BCUT2D eigenvalue weighted by molar-refractivity contribution is 5.99. The van der Waals surface area contributed by atoms with Crippen LogP contribution in [0.25, 0.3) is 0 Å². The van der Waals surface area contributed by atoms with E-state index in [1.165, 1.54) is 0 Å². The summed E-state index contributed by atoms with van der Waals surface area (Å²) in [7, 11) is 0. The predicted octanol–water partition coefficient (Wildman–Crippen LogP) is 2.06. The first-order valence-electron chi connectivity index (χ1n) is 37.2. The number of anilines is 7. The van der Waals surface area contributed by atoms with E-state index in [0.717, 1.165) is 150 Å². The zero-order chi connectivity index (χ0) is 78.8. The lowest BCUT2D eigenvalue weighted by molar-refractivity contribution is -0.458. The molecule has 0 aliphatic carbocycles. The smallest absolute Gasteiger partial charge is 0.407 e. The number of unbranched alkanes of at least 4 members (excludes halogenated alkanes) is 4. The number of nitrogen functional groups attached to an aromatic ring is 4. The Morgan fingerprint density at radius 2 is 0.907 bits per heavy atom. The molecule has 36 heteroatoms. The van der Waals surface area contributed by atoms with E-state index < -0.39 is 23.4 Å². The number of aliphatic imine (C=N–C) groups is 1. The molecule has 0 spiro atoms. The number of nitrogens with one attached hydrogen (secondary N) is 9. The van der Waals surface area contributed by atoms with E-state index in [1.807, 2.05) is 84.9 Å². The van der Waals surface area contributed by atoms with Gasteiger partial charge in [0.25, 0.3) is 5.84 Å². The van der Waals surface area contributed by atoms with E-state index >= 15 is 0 Å². The number of benzene rings is 2. The standard InChI is InChI=1S/C37H67N19.C23H46N10O4.C11H14N2O/c1-2-22-55(24-15-38)27-21-48-37-53-35(44)52-36(54-37)47-20-7-6-19-46-33(42)29-13-11-28(12-14-29)32(41)45-18-5-3-4-9-30-49-31(51-34(43)50-30)10-8-23-56(25-16-39)26-17-40;1-22(2,3)36-20(34)28-12-15-33(16-13-29-21(35)37-23(4,5)6)14-11-27-19-31-17(25)30-18(32-19)26-10-8-7-9-24;1-3-14-11(13)10-6-4-9(5-7-10)8(2)12/h11-14H,2-10,15-27,38-40H2,1H3,(H2,41,45)(H2,42,46)(H2,43,49,50,51)(H4,44,47,48,52,53,54);7-16,24H2,1-6H3,(H,28,34)(H,29,35)(H4,25,26,27,30,31,32);4-7,12-13H,3H2,1-2H3/p+1. The van der Waals surface area contributed by atoms with Gasteiger partial charge in [0.15, 0.2) is 0 Å². The molecule has 2 amide bonds. The lowest BCUT2D eigenvalue weighted by Gasteiger charge is -2.24. The summed E-state index contributed by atoms with van der Waals surface area (Å²) in [6.07, 6.45) is 8.89. The normalized spacial score (nSPS) is 11.7. The van der Waals surface area contributed by atoms with Gasteiger partial charge in [-0.15, -0.1) is 0 Å². The highest BCUT2D eigenvalue weighted by Gasteiger charge is 2.19. The molecule has 5 rings (SSSR count). The fourth-order valence-corrected chi connectivity index (χ4v) is 10.1. The Morgan fingerprint density at radius 1 is 0.477 bits per heavy atom. The molecule has 0 saturated heterocycles. The lowest BCUT2D eigenvalue weighted by Crippen LogP contribution is -2.75. The number of nitrogens with two attached hydrogens (primary N) is 9. The molecular weight excluding hydrogens is 1370 g/mol. The first-order chi connectivity index (χ1) is 51.2. The van der Waals surface area contributed by atoms with Crippen LogP contribution in [0, 0.1) is 10.8 Å². The number of rotatable bonds is 48. The van der Waals surface area contributed by atoms with Crippen molar-refractivity contribution < 1.29 is 28.8 Å². The highest BCUT2D eigenvalue weighted by atomic mass is 16.6. The lowest BCUT2D eigenvalue weighted by atomic mass is 10.1. The summed E-state index contributed by atoms with van der Waals surface area (Å²) in [5, 5.41) is 33.2. The number of alkyl carbamates (subject to hydrolysis) is 2. The summed E-state index contributed by atoms with van der Waals surface area (Å²) in [6.45, 7) is 31.1. The molecule has 0 saturated carbocycles. The van der Waals surface area contributed by atoms with Crippen molar-refractivity contribution in [3.8, 4) is 0 Å². The molecule has 5 aromatic rings. The average Bonchev–Trinajstić information content (AvgIpc) is 0.894. The van der Waals surface area contributed by atoms with Crippen molar-refractivity contribution in [2.24, 2.45) is 39.4 Å². The Balaban J connectivity index is 0.000000495. The van der Waals surface area contributed by atoms with E-state index in [0.29, 0.717) is 139 Å². The van der Waals surface area contributed by atoms with E-state index in [9.17, 15) is 9.59 Å². The van der Waals surface area contributed by atoms with Gasteiger partial charge in [0.1, 0.15) is 28.7 Å². The first kappa shape index (κ1) is 91.6. The van der Waals surface area contributed by atoms with Gasteiger partial charge in [0.05, 0.1) is 18.7 Å². The molecule has 0 aliphatic heterocycles. The monoisotopic (exact) mass is 1500 g/mol. The maximum absolute atomic E-state index is 12.0. The summed E-state index contributed by atoms with van der Waals surface area (Å²) in [5.74, 6) is 4.95. The maximum Gasteiger partial charge on any atom is 0.407 e. The third kappa shape index (κ3) is 43.0. The third-order valence-electron chi connectivity index (χ3n) is 15.2. The number of nitrogens with zero attached hydrogens (tertiary/aromatic N) is 13. The minimum absolute atomic E-state index is 0.110. The van der Waals surface area contributed by atoms with Crippen LogP contribution in [0.3, 0.4) is 0 Å². The second-order valence-electron chi connectivity index (χ2n) is 26.9. The molecule has 596 valence electrons. The molecule has 0 unspecified atom stereocenters. The Hall–Kier alpha value is -9.59. The average molecular weight is 1500 g/mol. The minimum Gasteiger partial charge on any atom is -0.478 e. The quantitative estimate of drug-likeness (QED) is 0.0150. The number of amides is 2. The van der Waals surface area contributed by atoms with E-state index in [-0.39, 0.29) is 23.7 Å². The largest absolute Gasteiger partial charge is 0.478 e. The first-order valence-corrected chi connectivity index (χ1v) is 37.2. The number of carbonyl (C=O) groups excluding carboxylic acids is 2. The molecule has 0 atom stereocenters. The van der Waals surface area contributed by atoms with Gasteiger partial charge in [-0.25, -0.2) is 14.6 Å². The molecule has 0 aliphatic rings. The molecule has 0 radical (unpaired) electrons. The van der Waals surface area contributed by atoms with Crippen LogP contribution in [0.5, 0.6) is 0 Å². The van der Waals surface area contributed by atoms with Crippen molar-refractivity contribution in [2.75, 3.05) is 183 Å². The van der Waals surface area contributed by atoms with Crippen LogP contribution in [0.4, 0.5) is 51.2 Å². The molecule has 107 heavy (non-hydrogen) atoms. The summed E-state index contributed by atoms with van der Waals surface area (Å²) in [5.41, 5.74) is 55.7. The van der Waals surface area contributed by atoms with E-state index in [4.69, 9.17) is 76.6 Å². The molecular formula is C71H128N31O5+.